The van der Waals surface area contributed by atoms with Crippen molar-refractivity contribution >= 4 is 16.6 Å². The average molecular weight is 225 g/mol. The van der Waals surface area contributed by atoms with Crippen molar-refractivity contribution < 1.29 is 9.53 Å². The van der Waals surface area contributed by atoms with E-state index in [0.717, 1.165) is 10.8 Å². The topological polar surface area (TPSA) is 50.1 Å². The number of hydrogen-bond donors (Lipinski definition) is 0. The molecule has 0 saturated carbocycles. The Bertz CT molecular complexity index is 611. The normalized spacial score (nSPS) is 9.88. The highest BCUT2D eigenvalue weighted by Crippen LogP contribution is 2.26. The van der Waals surface area contributed by atoms with Crippen LogP contribution in [-0.4, -0.2) is 12.9 Å². The quantitative estimate of drug-likeness (QED) is 0.754. The van der Waals surface area contributed by atoms with Crippen molar-refractivity contribution in [2.24, 2.45) is 0 Å². The molecule has 0 aliphatic heterocycles. The first-order chi connectivity index (χ1) is 8.26. The van der Waals surface area contributed by atoms with Gasteiger partial charge < -0.3 is 4.74 Å². The number of ketones is 1. The third-order valence-corrected chi connectivity index (χ3v) is 2.61. The van der Waals surface area contributed by atoms with Gasteiger partial charge in [0.05, 0.1) is 19.6 Å². The first kappa shape index (κ1) is 11.2. The van der Waals surface area contributed by atoms with Gasteiger partial charge in [0, 0.05) is 5.56 Å². The summed E-state index contributed by atoms with van der Waals surface area (Å²) in [5.74, 6) is 0.451. The van der Waals surface area contributed by atoms with Crippen LogP contribution in [0.1, 0.15) is 16.8 Å². The lowest BCUT2D eigenvalue weighted by Crippen LogP contribution is -1.99. The molecule has 0 aliphatic carbocycles. The summed E-state index contributed by atoms with van der Waals surface area (Å²) in [5.41, 5.74) is 0.543. The van der Waals surface area contributed by atoms with Crippen molar-refractivity contribution in [3.05, 3.63) is 42.0 Å². The summed E-state index contributed by atoms with van der Waals surface area (Å²) in [6.07, 6.45) is -0.114. The van der Waals surface area contributed by atoms with E-state index in [1.54, 1.807) is 13.2 Å². The first-order valence-corrected chi connectivity index (χ1v) is 5.23. The lowest BCUT2D eigenvalue weighted by atomic mass is 9.99. The number of carbonyl (C=O) groups excluding carboxylic acids is 1. The summed E-state index contributed by atoms with van der Waals surface area (Å²) in [7, 11) is 1.56. The molecule has 0 unspecified atom stereocenters. The SMILES string of the molecule is COc1cc(C(=O)CC#N)c2ccccc2c1. The Kier molecular flexibility index (Phi) is 3.06. The fraction of sp³-hybridized carbons (Fsp3) is 0.143. The zero-order chi connectivity index (χ0) is 12.3. The summed E-state index contributed by atoms with van der Waals surface area (Å²) in [4.78, 5) is 11.8. The minimum Gasteiger partial charge on any atom is -0.497 e. The van der Waals surface area contributed by atoms with Crippen LogP contribution in [0.5, 0.6) is 5.75 Å². The van der Waals surface area contributed by atoms with Gasteiger partial charge in [-0.3, -0.25) is 4.79 Å². The Labute approximate surface area is 99.2 Å². The van der Waals surface area contributed by atoms with Crippen LogP contribution in [0.15, 0.2) is 36.4 Å². The van der Waals surface area contributed by atoms with E-state index in [4.69, 9.17) is 10.00 Å². The highest BCUT2D eigenvalue weighted by Gasteiger charge is 2.11. The second kappa shape index (κ2) is 4.67. The second-order valence-electron chi connectivity index (χ2n) is 3.65. The van der Waals surface area contributed by atoms with Gasteiger partial charge in [0.2, 0.25) is 0 Å². The summed E-state index contributed by atoms with van der Waals surface area (Å²) in [6, 6.07) is 13.0. The van der Waals surface area contributed by atoms with Crippen LogP contribution in [0.3, 0.4) is 0 Å². The predicted molar refractivity (Wildman–Crippen MR) is 65.1 cm³/mol. The van der Waals surface area contributed by atoms with Crippen LogP contribution in [-0.2, 0) is 0 Å². The van der Waals surface area contributed by atoms with Gasteiger partial charge in [-0.25, -0.2) is 0 Å². The molecule has 3 heteroatoms. The molecule has 0 saturated heterocycles. The zero-order valence-electron chi connectivity index (χ0n) is 9.43. The zero-order valence-corrected chi connectivity index (χ0v) is 9.43. The fourth-order valence-electron chi connectivity index (χ4n) is 1.80. The van der Waals surface area contributed by atoms with Crippen LogP contribution in [0.2, 0.25) is 0 Å². The van der Waals surface area contributed by atoms with Crippen molar-refractivity contribution in [3.8, 4) is 11.8 Å². The van der Waals surface area contributed by atoms with Crippen LogP contribution < -0.4 is 4.74 Å². The lowest BCUT2D eigenvalue weighted by Gasteiger charge is -2.07. The van der Waals surface area contributed by atoms with Crippen LogP contribution in [0, 0.1) is 11.3 Å². The molecule has 2 rings (SSSR count). The highest BCUT2D eigenvalue weighted by atomic mass is 16.5. The Morgan fingerprint density at radius 1 is 1.35 bits per heavy atom. The van der Waals surface area contributed by atoms with E-state index in [9.17, 15) is 4.79 Å². The van der Waals surface area contributed by atoms with Gasteiger partial charge in [-0.1, -0.05) is 24.3 Å². The van der Waals surface area contributed by atoms with Gasteiger partial charge in [-0.15, -0.1) is 0 Å². The van der Waals surface area contributed by atoms with Crippen LogP contribution >= 0.6 is 0 Å². The Morgan fingerprint density at radius 2 is 2.12 bits per heavy atom. The average Bonchev–Trinajstić information content (AvgIpc) is 2.37. The molecule has 3 nitrogen and oxygen atoms in total. The maximum Gasteiger partial charge on any atom is 0.177 e. The molecule has 0 heterocycles. The molecule has 0 aliphatic rings. The molecular formula is C14H11NO2. The molecule has 0 radical (unpaired) electrons. The molecule has 0 bridgehead atoms. The second-order valence-corrected chi connectivity index (χ2v) is 3.65. The Morgan fingerprint density at radius 3 is 2.82 bits per heavy atom. The molecule has 0 amide bonds. The highest BCUT2D eigenvalue weighted by molar-refractivity contribution is 6.09. The Hall–Kier alpha value is -2.34. The summed E-state index contributed by atoms with van der Waals surface area (Å²) in [6.45, 7) is 0. The minimum atomic E-state index is -0.178. The third-order valence-electron chi connectivity index (χ3n) is 2.61. The van der Waals surface area contributed by atoms with Crippen molar-refractivity contribution in [3.63, 3.8) is 0 Å². The van der Waals surface area contributed by atoms with Gasteiger partial charge in [0.1, 0.15) is 5.75 Å². The summed E-state index contributed by atoms with van der Waals surface area (Å²) in [5, 5.41) is 10.4. The molecule has 0 atom stereocenters. The van der Waals surface area contributed by atoms with Crippen LogP contribution in [0.25, 0.3) is 10.8 Å². The molecule has 0 spiro atoms. The van der Waals surface area contributed by atoms with Gasteiger partial charge >= 0.3 is 0 Å². The van der Waals surface area contributed by atoms with E-state index in [-0.39, 0.29) is 12.2 Å². The molecule has 0 aromatic heterocycles. The molecule has 84 valence electrons. The molecular weight excluding hydrogens is 214 g/mol. The number of nitriles is 1. The van der Waals surface area contributed by atoms with Crippen molar-refractivity contribution in [1.82, 2.24) is 0 Å². The smallest absolute Gasteiger partial charge is 0.177 e. The van der Waals surface area contributed by atoms with Crippen molar-refractivity contribution in [1.29, 1.82) is 5.26 Å². The number of methoxy groups -OCH3 is 1. The minimum absolute atomic E-state index is 0.114. The standard InChI is InChI=1S/C14H11NO2/c1-17-11-8-10-4-2-3-5-12(10)13(9-11)14(16)6-7-15/h2-5,8-9H,6H2,1H3. The number of hydrogen-bond acceptors (Lipinski definition) is 3. The number of carbonyl (C=O) groups is 1. The van der Waals surface area contributed by atoms with Gasteiger partial charge in [-0.2, -0.15) is 5.26 Å². The lowest BCUT2D eigenvalue weighted by molar-refractivity contribution is 0.0999. The molecule has 0 N–H and O–H groups in total. The maximum absolute atomic E-state index is 11.8. The Balaban J connectivity index is 2.67. The number of Topliss-reactive ketones (excluding diaryl/α,β-unsaturated/α-hetero) is 1. The fourth-order valence-corrected chi connectivity index (χ4v) is 1.80. The predicted octanol–water partition coefficient (Wildman–Crippen LogP) is 2.94. The number of benzene rings is 2. The monoisotopic (exact) mass is 225 g/mol. The first-order valence-electron chi connectivity index (χ1n) is 5.23. The van der Waals surface area contributed by atoms with Crippen molar-refractivity contribution in [2.75, 3.05) is 7.11 Å². The van der Waals surface area contributed by atoms with E-state index in [1.807, 2.05) is 36.4 Å². The summed E-state index contributed by atoms with van der Waals surface area (Å²) >= 11 is 0. The van der Waals surface area contributed by atoms with E-state index < -0.39 is 0 Å². The van der Waals surface area contributed by atoms with E-state index in [2.05, 4.69) is 0 Å². The van der Waals surface area contributed by atoms with E-state index >= 15 is 0 Å². The molecule has 0 fully saturated rings. The molecule has 2 aromatic carbocycles. The largest absolute Gasteiger partial charge is 0.497 e. The van der Waals surface area contributed by atoms with E-state index in [1.165, 1.54) is 0 Å². The summed E-state index contributed by atoms with van der Waals surface area (Å²) < 4.78 is 5.16. The number of rotatable bonds is 3. The molecule has 17 heavy (non-hydrogen) atoms. The van der Waals surface area contributed by atoms with Gasteiger partial charge in [0.25, 0.3) is 0 Å². The number of nitrogens with zero attached hydrogens (tertiary/aromatic N) is 1. The van der Waals surface area contributed by atoms with E-state index in [0.29, 0.717) is 11.3 Å². The third kappa shape index (κ3) is 2.11. The van der Waals surface area contributed by atoms with Gasteiger partial charge in [0.15, 0.2) is 5.78 Å². The number of ether oxygens (including phenoxy) is 1. The maximum atomic E-state index is 11.8. The molecule has 2 aromatic rings. The van der Waals surface area contributed by atoms with Gasteiger partial charge in [-0.05, 0) is 22.9 Å². The van der Waals surface area contributed by atoms with Crippen molar-refractivity contribution in [2.45, 2.75) is 6.42 Å². The van der Waals surface area contributed by atoms with Crippen LogP contribution in [0.4, 0.5) is 0 Å². The number of fused-ring (bicyclic) bond motifs is 1.